The molecular formula is C9H8ClF2N3O2. The Morgan fingerprint density at radius 1 is 1.59 bits per heavy atom. The second-order valence-corrected chi connectivity index (χ2v) is 4.17. The number of nitro groups is 1. The van der Waals surface area contributed by atoms with E-state index in [4.69, 9.17) is 11.6 Å². The average molecular weight is 264 g/mol. The maximum Gasteiger partial charge on any atom is 0.310 e. The van der Waals surface area contributed by atoms with Crippen LogP contribution in [0.4, 0.5) is 20.2 Å². The van der Waals surface area contributed by atoms with Crippen molar-refractivity contribution in [2.75, 3.05) is 18.0 Å². The molecule has 1 aliphatic rings. The molecule has 0 amide bonds. The zero-order valence-corrected chi connectivity index (χ0v) is 9.32. The van der Waals surface area contributed by atoms with E-state index in [0.717, 1.165) is 6.20 Å². The van der Waals surface area contributed by atoms with E-state index in [1.54, 1.807) is 0 Å². The molecule has 0 radical (unpaired) electrons. The average Bonchev–Trinajstić information content (AvgIpc) is 2.58. The van der Waals surface area contributed by atoms with Gasteiger partial charge in [0.1, 0.15) is 17.0 Å². The Kier molecular flexibility index (Phi) is 2.86. The fourth-order valence-corrected chi connectivity index (χ4v) is 1.90. The number of anilines is 1. The molecule has 8 heteroatoms. The van der Waals surface area contributed by atoms with Crippen LogP contribution in [-0.2, 0) is 0 Å². The largest absolute Gasteiger partial charge is 0.360 e. The van der Waals surface area contributed by atoms with E-state index >= 15 is 0 Å². The second-order valence-electron chi connectivity index (χ2n) is 3.78. The minimum absolute atomic E-state index is 0.0424. The highest BCUT2D eigenvalue weighted by Crippen LogP contribution is 2.36. The highest BCUT2D eigenvalue weighted by molar-refractivity contribution is 6.29. The molecule has 0 bridgehead atoms. The maximum absolute atomic E-state index is 13.1. The first kappa shape index (κ1) is 12.0. The fraction of sp³-hybridized carbons (Fsp3) is 0.444. The van der Waals surface area contributed by atoms with Gasteiger partial charge in [-0.05, 0) is 0 Å². The van der Waals surface area contributed by atoms with Crippen molar-refractivity contribution in [2.24, 2.45) is 0 Å². The Morgan fingerprint density at radius 3 is 2.82 bits per heavy atom. The Bertz CT molecular complexity index is 470. The van der Waals surface area contributed by atoms with Crippen LogP contribution in [0.5, 0.6) is 0 Å². The predicted molar refractivity (Wildman–Crippen MR) is 57.7 cm³/mol. The molecule has 1 saturated heterocycles. The van der Waals surface area contributed by atoms with Crippen LogP contribution in [0.2, 0.25) is 5.15 Å². The Labute approximate surface area is 100 Å². The zero-order chi connectivity index (χ0) is 12.6. The third kappa shape index (κ3) is 2.44. The summed E-state index contributed by atoms with van der Waals surface area (Å²) in [5.41, 5.74) is -0.223. The van der Waals surface area contributed by atoms with Crippen molar-refractivity contribution in [3.8, 4) is 0 Å². The quantitative estimate of drug-likeness (QED) is 0.467. The van der Waals surface area contributed by atoms with Crippen molar-refractivity contribution < 1.29 is 13.7 Å². The van der Waals surface area contributed by atoms with E-state index < -0.39 is 17.4 Å². The van der Waals surface area contributed by atoms with E-state index in [1.807, 2.05) is 0 Å². The molecule has 17 heavy (non-hydrogen) atoms. The first-order valence-electron chi connectivity index (χ1n) is 4.82. The molecule has 0 aromatic carbocycles. The summed E-state index contributed by atoms with van der Waals surface area (Å²) >= 11 is 5.62. The molecule has 1 aromatic rings. The fourth-order valence-electron chi connectivity index (χ4n) is 1.75. The summed E-state index contributed by atoms with van der Waals surface area (Å²) in [5.74, 6) is -2.82. The van der Waals surface area contributed by atoms with Gasteiger partial charge in [0.25, 0.3) is 5.92 Å². The highest BCUT2D eigenvalue weighted by Gasteiger charge is 2.40. The van der Waals surface area contributed by atoms with Gasteiger partial charge in [-0.3, -0.25) is 10.1 Å². The number of halogens is 3. The first-order chi connectivity index (χ1) is 7.89. The summed E-state index contributed by atoms with van der Waals surface area (Å²) in [5, 5.41) is 10.8. The molecule has 92 valence electrons. The number of rotatable bonds is 2. The van der Waals surface area contributed by atoms with Crippen molar-refractivity contribution in [3.05, 3.63) is 27.5 Å². The minimum Gasteiger partial charge on any atom is -0.360 e. The highest BCUT2D eigenvalue weighted by atomic mass is 35.5. The summed E-state index contributed by atoms with van der Waals surface area (Å²) in [4.78, 5) is 14.9. The molecule has 0 aliphatic carbocycles. The number of aromatic nitrogens is 1. The van der Waals surface area contributed by atoms with E-state index in [1.165, 1.54) is 11.0 Å². The Hall–Kier alpha value is -1.50. The van der Waals surface area contributed by atoms with Gasteiger partial charge in [0.05, 0.1) is 11.5 Å². The predicted octanol–water partition coefficient (Wildman–Crippen LogP) is 2.49. The molecule has 2 heterocycles. The van der Waals surface area contributed by atoms with E-state index in [0.29, 0.717) is 0 Å². The standard InChI is InChI=1S/C9H8ClF2N3O2/c10-8-3-6(7(4-13-8)15(16)17)14-2-1-9(11,12)5-14/h3-4H,1-2,5H2. The SMILES string of the molecule is O=[N+]([O-])c1cnc(Cl)cc1N1CCC(F)(F)C1. The van der Waals surface area contributed by atoms with Crippen molar-refractivity contribution >= 4 is 23.0 Å². The van der Waals surface area contributed by atoms with Crippen molar-refractivity contribution in [3.63, 3.8) is 0 Å². The van der Waals surface area contributed by atoms with Gasteiger partial charge in [0, 0.05) is 19.0 Å². The van der Waals surface area contributed by atoms with Gasteiger partial charge in [-0.25, -0.2) is 13.8 Å². The lowest BCUT2D eigenvalue weighted by Crippen LogP contribution is -2.25. The van der Waals surface area contributed by atoms with Crippen LogP contribution < -0.4 is 4.90 Å². The minimum atomic E-state index is -2.82. The molecule has 0 saturated carbocycles. The van der Waals surface area contributed by atoms with E-state index in [-0.39, 0.29) is 29.5 Å². The van der Waals surface area contributed by atoms with Crippen LogP contribution in [0.15, 0.2) is 12.3 Å². The smallest absolute Gasteiger partial charge is 0.310 e. The Balaban J connectivity index is 2.38. The summed E-state index contributed by atoms with van der Waals surface area (Å²) in [6, 6.07) is 1.24. The molecule has 0 N–H and O–H groups in total. The summed E-state index contributed by atoms with van der Waals surface area (Å²) < 4.78 is 26.1. The molecule has 1 fully saturated rings. The molecule has 2 rings (SSSR count). The van der Waals surface area contributed by atoms with E-state index in [2.05, 4.69) is 4.98 Å². The third-order valence-corrected chi connectivity index (χ3v) is 2.74. The zero-order valence-electron chi connectivity index (χ0n) is 8.57. The molecule has 1 aromatic heterocycles. The monoisotopic (exact) mass is 263 g/mol. The molecule has 5 nitrogen and oxygen atoms in total. The third-order valence-electron chi connectivity index (χ3n) is 2.54. The van der Waals surface area contributed by atoms with Gasteiger partial charge in [-0.2, -0.15) is 0 Å². The summed E-state index contributed by atoms with van der Waals surface area (Å²) in [6.45, 7) is -0.470. The normalized spacial score (nSPS) is 18.4. The lowest BCUT2D eigenvalue weighted by molar-refractivity contribution is -0.384. The lowest BCUT2D eigenvalue weighted by Gasteiger charge is -2.17. The van der Waals surface area contributed by atoms with Crippen molar-refractivity contribution in [1.82, 2.24) is 4.98 Å². The molecule has 0 atom stereocenters. The molecular weight excluding hydrogens is 256 g/mol. The van der Waals surface area contributed by atoms with Gasteiger partial charge in [-0.1, -0.05) is 11.6 Å². The number of pyridine rings is 1. The van der Waals surface area contributed by atoms with Crippen LogP contribution >= 0.6 is 11.6 Å². The molecule has 0 unspecified atom stereocenters. The van der Waals surface area contributed by atoms with Gasteiger partial charge in [0.2, 0.25) is 0 Å². The molecule has 0 spiro atoms. The van der Waals surface area contributed by atoms with Gasteiger partial charge < -0.3 is 4.90 Å². The topological polar surface area (TPSA) is 59.3 Å². The number of hydrogen-bond acceptors (Lipinski definition) is 4. The van der Waals surface area contributed by atoms with Crippen LogP contribution in [0.3, 0.4) is 0 Å². The summed E-state index contributed by atoms with van der Waals surface area (Å²) in [6.07, 6.45) is 0.665. The van der Waals surface area contributed by atoms with Gasteiger partial charge >= 0.3 is 5.69 Å². The maximum atomic E-state index is 13.1. The lowest BCUT2D eigenvalue weighted by atomic mass is 10.3. The van der Waals surface area contributed by atoms with Gasteiger partial charge in [0.15, 0.2) is 0 Å². The van der Waals surface area contributed by atoms with E-state index in [9.17, 15) is 18.9 Å². The van der Waals surface area contributed by atoms with Crippen molar-refractivity contribution in [2.45, 2.75) is 12.3 Å². The van der Waals surface area contributed by atoms with Gasteiger partial charge in [-0.15, -0.1) is 0 Å². The number of nitrogens with zero attached hydrogens (tertiary/aromatic N) is 3. The van der Waals surface area contributed by atoms with Crippen LogP contribution in [0.25, 0.3) is 0 Å². The van der Waals surface area contributed by atoms with Crippen LogP contribution in [0, 0.1) is 10.1 Å². The molecule has 1 aliphatic heterocycles. The van der Waals surface area contributed by atoms with Crippen LogP contribution in [0.1, 0.15) is 6.42 Å². The second kappa shape index (κ2) is 4.06. The van der Waals surface area contributed by atoms with Crippen LogP contribution in [-0.4, -0.2) is 28.9 Å². The summed E-state index contributed by atoms with van der Waals surface area (Å²) in [7, 11) is 0. The Morgan fingerprint density at radius 2 is 2.29 bits per heavy atom. The number of alkyl halides is 2. The van der Waals surface area contributed by atoms with Crippen molar-refractivity contribution in [1.29, 1.82) is 0 Å². The first-order valence-corrected chi connectivity index (χ1v) is 5.19. The number of hydrogen-bond donors (Lipinski definition) is 0.